The van der Waals surface area contributed by atoms with Gasteiger partial charge in [-0.25, -0.2) is 14.0 Å². The zero-order valence-electron chi connectivity index (χ0n) is 14.6. The van der Waals surface area contributed by atoms with Gasteiger partial charge in [0.2, 0.25) is 5.16 Å². The number of rotatable bonds is 5. The topological polar surface area (TPSA) is 63.0 Å². The van der Waals surface area contributed by atoms with Gasteiger partial charge < -0.3 is 0 Å². The van der Waals surface area contributed by atoms with E-state index in [0.717, 1.165) is 17.5 Å². The van der Waals surface area contributed by atoms with Crippen molar-refractivity contribution in [3.05, 3.63) is 81.9 Å². The van der Waals surface area contributed by atoms with Crippen LogP contribution in [0.15, 0.2) is 64.5 Å². The lowest BCUT2D eigenvalue weighted by molar-refractivity contribution is 0.626. The van der Waals surface area contributed by atoms with Crippen LogP contribution in [0.25, 0.3) is 16.8 Å². The van der Waals surface area contributed by atoms with Gasteiger partial charge in [0.25, 0.3) is 5.56 Å². The minimum absolute atomic E-state index is 0.274. The van der Waals surface area contributed by atoms with Crippen LogP contribution in [0.4, 0.5) is 4.39 Å². The van der Waals surface area contributed by atoms with Crippen molar-refractivity contribution >= 4 is 17.3 Å². The molecule has 0 aliphatic rings. The van der Waals surface area contributed by atoms with Crippen LogP contribution in [0.5, 0.6) is 0 Å². The van der Waals surface area contributed by atoms with Crippen LogP contribution in [-0.2, 0) is 12.2 Å². The molecule has 2 aromatic heterocycles. The highest BCUT2D eigenvalue weighted by molar-refractivity contribution is 7.98. The van der Waals surface area contributed by atoms with Crippen molar-refractivity contribution in [3.63, 3.8) is 0 Å². The summed E-state index contributed by atoms with van der Waals surface area (Å²) >= 11 is 1.39. The second-order valence-electron chi connectivity index (χ2n) is 6.13. The number of fused-ring (bicyclic) bond motifs is 1. The van der Waals surface area contributed by atoms with E-state index in [4.69, 9.17) is 0 Å². The zero-order chi connectivity index (χ0) is 18.8. The molecule has 2 aromatic carbocycles. The van der Waals surface area contributed by atoms with Gasteiger partial charge in [0.05, 0.1) is 5.69 Å². The first-order valence-corrected chi connectivity index (χ1v) is 9.57. The molecule has 0 bridgehead atoms. The fraction of sp³-hybridized carbons (Fsp3) is 0.150. The first-order chi connectivity index (χ1) is 13.1. The summed E-state index contributed by atoms with van der Waals surface area (Å²) in [7, 11) is 0. The summed E-state index contributed by atoms with van der Waals surface area (Å²) in [5.74, 6) is 0.247. The number of benzene rings is 2. The maximum Gasteiger partial charge on any atom is 0.290 e. The first kappa shape index (κ1) is 17.5. The number of nitrogens with zero attached hydrogens (tertiary/aromatic N) is 3. The van der Waals surface area contributed by atoms with Crippen LogP contribution in [0.3, 0.4) is 0 Å². The van der Waals surface area contributed by atoms with E-state index in [-0.39, 0.29) is 11.4 Å². The van der Waals surface area contributed by atoms with Crippen molar-refractivity contribution in [2.24, 2.45) is 0 Å². The normalized spacial score (nSPS) is 11.2. The third-order valence-corrected chi connectivity index (χ3v) is 5.29. The Balaban J connectivity index is 1.68. The van der Waals surface area contributed by atoms with Gasteiger partial charge in [0, 0.05) is 11.3 Å². The van der Waals surface area contributed by atoms with Gasteiger partial charge in [-0.3, -0.25) is 4.79 Å². The third kappa shape index (κ3) is 3.64. The number of nitrogens with one attached hydrogen (secondary N) is 1. The Labute approximate surface area is 159 Å². The van der Waals surface area contributed by atoms with Gasteiger partial charge >= 0.3 is 0 Å². The lowest BCUT2D eigenvalue weighted by Crippen LogP contribution is -2.13. The van der Waals surface area contributed by atoms with Crippen molar-refractivity contribution < 1.29 is 4.39 Å². The monoisotopic (exact) mass is 380 g/mol. The molecule has 4 aromatic rings. The van der Waals surface area contributed by atoms with E-state index in [9.17, 15) is 9.18 Å². The van der Waals surface area contributed by atoms with E-state index in [2.05, 4.69) is 34.4 Å². The molecule has 0 fully saturated rings. The van der Waals surface area contributed by atoms with Gasteiger partial charge in [-0.05, 0) is 35.7 Å². The maximum absolute atomic E-state index is 13.4. The largest absolute Gasteiger partial charge is 0.290 e. The fourth-order valence-electron chi connectivity index (χ4n) is 2.81. The molecule has 0 aliphatic carbocycles. The molecule has 0 aliphatic heterocycles. The smallest absolute Gasteiger partial charge is 0.266 e. The van der Waals surface area contributed by atoms with Gasteiger partial charge in [0.15, 0.2) is 0 Å². The SMILES string of the molecule is CCc1ccc(-c2cc3c(=O)[nH]nc(SCc4cccc(F)c4)n3n2)cc1. The van der Waals surface area contributed by atoms with E-state index in [1.807, 2.05) is 18.2 Å². The van der Waals surface area contributed by atoms with Gasteiger partial charge in [-0.2, -0.15) is 5.10 Å². The van der Waals surface area contributed by atoms with Crippen LogP contribution in [0, 0.1) is 5.82 Å². The molecule has 0 spiro atoms. The van der Waals surface area contributed by atoms with Gasteiger partial charge in [0.1, 0.15) is 11.3 Å². The molecule has 1 N–H and O–H groups in total. The maximum atomic E-state index is 13.4. The number of aromatic nitrogens is 4. The molecule has 0 saturated heterocycles. The van der Waals surface area contributed by atoms with E-state index >= 15 is 0 Å². The molecular formula is C20H17FN4OS. The number of hydrogen-bond donors (Lipinski definition) is 1. The van der Waals surface area contributed by atoms with Gasteiger partial charge in [-0.1, -0.05) is 55.1 Å². The van der Waals surface area contributed by atoms with Crippen LogP contribution in [-0.4, -0.2) is 19.8 Å². The summed E-state index contributed by atoms with van der Waals surface area (Å²) in [5, 5.41) is 11.7. The third-order valence-electron chi connectivity index (χ3n) is 4.29. The highest BCUT2D eigenvalue weighted by Crippen LogP contribution is 2.24. The molecular weight excluding hydrogens is 363 g/mol. The minimum Gasteiger partial charge on any atom is -0.266 e. The molecule has 27 heavy (non-hydrogen) atoms. The Morgan fingerprint density at radius 3 is 2.67 bits per heavy atom. The van der Waals surface area contributed by atoms with E-state index < -0.39 is 0 Å². The number of hydrogen-bond acceptors (Lipinski definition) is 4. The minimum atomic E-state index is -0.297. The van der Waals surface area contributed by atoms with Crippen molar-refractivity contribution in [2.75, 3.05) is 0 Å². The molecule has 0 amide bonds. The standard InChI is InChI=1S/C20H17FN4OS/c1-2-13-6-8-15(9-7-13)17-11-18-19(26)22-23-20(25(18)24-17)27-12-14-4-3-5-16(21)10-14/h3-11H,2,12H2,1H3,(H,22,26). The lowest BCUT2D eigenvalue weighted by atomic mass is 10.1. The second-order valence-corrected chi connectivity index (χ2v) is 7.07. The van der Waals surface area contributed by atoms with E-state index in [1.54, 1.807) is 16.6 Å². The summed E-state index contributed by atoms with van der Waals surface area (Å²) in [5.41, 5.74) is 3.87. The van der Waals surface area contributed by atoms with Crippen LogP contribution in [0.2, 0.25) is 0 Å². The molecule has 0 radical (unpaired) electrons. The zero-order valence-corrected chi connectivity index (χ0v) is 15.5. The average molecular weight is 380 g/mol. The Morgan fingerprint density at radius 2 is 1.93 bits per heavy atom. The lowest BCUT2D eigenvalue weighted by Gasteiger charge is -2.03. The molecule has 4 rings (SSSR count). The summed E-state index contributed by atoms with van der Waals surface area (Å²) in [6, 6.07) is 16.3. The summed E-state index contributed by atoms with van der Waals surface area (Å²) in [6.07, 6.45) is 0.968. The number of aryl methyl sites for hydroxylation is 1. The number of aromatic amines is 1. The first-order valence-electron chi connectivity index (χ1n) is 8.59. The number of H-pyrrole nitrogens is 1. The molecule has 0 saturated carbocycles. The summed E-state index contributed by atoms with van der Waals surface area (Å²) in [6.45, 7) is 2.10. The highest BCUT2D eigenvalue weighted by atomic mass is 32.2. The molecule has 0 atom stereocenters. The predicted octanol–water partition coefficient (Wildman–Crippen LogP) is 4.08. The van der Waals surface area contributed by atoms with Crippen LogP contribution < -0.4 is 5.56 Å². The van der Waals surface area contributed by atoms with Crippen molar-refractivity contribution in [2.45, 2.75) is 24.3 Å². The van der Waals surface area contributed by atoms with Crippen LogP contribution >= 0.6 is 11.8 Å². The number of thioether (sulfide) groups is 1. The van der Waals surface area contributed by atoms with E-state index in [0.29, 0.717) is 22.1 Å². The summed E-state index contributed by atoms with van der Waals surface area (Å²) < 4.78 is 14.9. The molecule has 7 heteroatoms. The Hall–Kier alpha value is -2.93. The molecule has 5 nitrogen and oxygen atoms in total. The summed E-state index contributed by atoms with van der Waals surface area (Å²) in [4.78, 5) is 12.2. The molecule has 136 valence electrons. The Morgan fingerprint density at radius 1 is 1.11 bits per heavy atom. The highest BCUT2D eigenvalue weighted by Gasteiger charge is 2.12. The van der Waals surface area contributed by atoms with Crippen molar-refractivity contribution in [1.82, 2.24) is 19.8 Å². The fourth-order valence-corrected chi connectivity index (χ4v) is 3.66. The van der Waals surface area contributed by atoms with Crippen molar-refractivity contribution in [1.29, 1.82) is 0 Å². The number of halogens is 1. The average Bonchev–Trinajstić information content (AvgIpc) is 3.14. The Kier molecular flexibility index (Phi) is 4.77. The van der Waals surface area contributed by atoms with Crippen LogP contribution in [0.1, 0.15) is 18.1 Å². The molecule has 0 unspecified atom stereocenters. The second kappa shape index (κ2) is 7.36. The van der Waals surface area contributed by atoms with Crippen molar-refractivity contribution in [3.8, 4) is 11.3 Å². The quantitative estimate of drug-likeness (QED) is 0.530. The van der Waals surface area contributed by atoms with Gasteiger partial charge in [-0.15, -0.1) is 5.10 Å². The van der Waals surface area contributed by atoms with E-state index in [1.165, 1.54) is 29.5 Å². The predicted molar refractivity (Wildman–Crippen MR) is 104 cm³/mol. The Bertz CT molecular complexity index is 1150. The molecule has 2 heterocycles.